The number of carboxylic acid groups (broad SMARTS) is 1. The van der Waals surface area contributed by atoms with Crippen LogP contribution in [-0.4, -0.2) is 44.8 Å². The Kier molecular flexibility index (Phi) is 9.70. The number of halogens is 1. The van der Waals surface area contributed by atoms with Gasteiger partial charge in [-0.1, -0.05) is 36.4 Å². The molecule has 0 bridgehead atoms. The SMILES string of the molecule is CC(C)(C)O.Cc1nc(C)c(-c2ccc3c(c2)CCN(Cc2ccc(F)cc2)C3)c(-c2ccc3c(c2)CCCO3)c1CC(=O)O. The summed E-state index contributed by atoms with van der Waals surface area (Å²) >= 11 is 0. The highest BCUT2D eigenvalue weighted by Crippen LogP contribution is 2.41. The lowest BCUT2D eigenvalue weighted by Gasteiger charge is -2.29. The summed E-state index contributed by atoms with van der Waals surface area (Å²) < 4.78 is 19.2. The van der Waals surface area contributed by atoms with E-state index in [9.17, 15) is 14.3 Å². The smallest absolute Gasteiger partial charge is 0.307 e. The Morgan fingerprint density at radius 1 is 0.911 bits per heavy atom. The van der Waals surface area contributed by atoms with Gasteiger partial charge in [0.15, 0.2) is 0 Å². The van der Waals surface area contributed by atoms with Crippen LogP contribution in [0, 0.1) is 19.7 Å². The number of nitrogens with zero attached hydrogens (tertiary/aromatic N) is 2. The zero-order valence-corrected chi connectivity index (χ0v) is 26.9. The number of aliphatic hydroxyl groups is 1. The molecule has 0 fully saturated rings. The van der Waals surface area contributed by atoms with E-state index in [0.717, 1.165) is 102 Å². The number of carbonyl (C=O) groups is 1. The van der Waals surface area contributed by atoms with Gasteiger partial charge in [0, 0.05) is 36.6 Å². The van der Waals surface area contributed by atoms with Crippen LogP contribution in [0.1, 0.15) is 66.4 Å². The summed E-state index contributed by atoms with van der Waals surface area (Å²) in [5.74, 6) is -0.164. The summed E-state index contributed by atoms with van der Waals surface area (Å²) in [6.07, 6.45) is 2.75. The average molecular weight is 611 g/mol. The summed E-state index contributed by atoms with van der Waals surface area (Å²) in [7, 11) is 0. The first-order chi connectivity index (χ1) is 21.4. The second kappa shape index (κ2) is 13.5. The van der Waals surface area contributed by atoms with Crippen LogP contribution in [0.2, 0.25) is 0 Å². The van der Waals surface area contributed by atoms with E-state index >= 15 is 0 Å². The number of ether oxygens (including phenoxy) is 1. The number of hydrogen-bond acceptors (Lipinski definition) is 5. The van der Waals surface area contributed by atoms with Gasteiger partial charge in [0.1, 0.15) is 11.6 Å². The highest BCUT2D eigenvalue weighted by molar-refractivity contribution is 5.90. The Balaban J connectivity index is 0.000000743. The molecule has 1 aromatic heterocycles. The van der Waals surface area contributed by atoms with Crippen LogP contribution in [0.3, 0.4) is 0 Å². The number of aromatic nitrogens is 1. The van der Waals surface area contributed by atoms with Gasteiger partial charge in [0.25, 0.3) is 0 Å². The molecule has 2 N–H and O–H groups in total. The van der Waals surface area contributed by atoms with Crippen molar-refractivity contribution in [1.82, 2.24) is 9.88 Å². The van der Waals surface area contributed by atoms with Gasteiger partial charge in [-0.15, -0.1) is 0 Å². The molecule has 6 rings (SSSR count). The highest BCUT2D eigenvalue weighted by Gasteiger charge is 2.24. The topological polar surface area (TPSA) is 82.9 Å². The summed E-state index contributed by atoms with van der Waals surface area (Å²) in [5.41, 5.74) is 10.8. The van der Waals surface area contributed by atoms with E-state index in [2.05, 4.69) is 35.2 Å². The lowest BCUT2D eigenvalue weighted by Crippen LogP contribution is -2.30. The molecule has 236 valence electrons. The maximum atomic E-state index is 13.3. The van der Waals surface area contributed by atoms with Gasteiger partial charge in [-0.3, -0.25) is 14.7 Å². The van der Waals surface area contributed by atoms with Gasteiger partial charge < -0.3 is 14.9 Å². The van der Waals surface area contributed by atoms with Gasteiger partial charge in [0.2, 0.25) is 0 Å². The van der Waals surface area contributed by atoms with Crippen molar-refractivity contribution in [3.8, 4) is 28.0 Å². The van der Waals surface area contributed by atoms with Gasteiger partial charge in [-0.2, -0.15) is 0 Å². The second-order valence-corrected chi connectivity index (χ2v) is 13.1. The standard InChI is InChI=1S/C34H33FN2O3.C4H10O/c1-21-30(18-32(38)39)34(27-9-12-31-25(17-27)4-3-15-40-31)33(22(2)36-21)26-7-8-28-20-37(14-13-24(28)16-26)19-23-5-10-29(35)11-6-23;1-4(2,3)5/h5-12,16-17H,3-4,13-15,18-20H2,1-2H3,(H,38,39);5H,1-3H3. The number of aryl methyl sites for hydroxylation is 3. The van der Waals surface area contributed by atoms with Crippen LogP contribution < -0.4 is 4.74 Å². The van der Waals surface area contributed by atoms with Gasteiger partial charge >= 0.3 is 5.97 Å². The number of hydrogen-bond donors (Lipinski definition) is 2. The third kappa shape index (κ3) is 8.16. The first-order valence-electron chi connectivity index (χ1n) is 15.6. The quantitative estimate of drug-likeness (QED) is 0.236. The molecular weight excluding hydrogens is 567 g/mol. The van der Waals surface area contributed by atoms with E-state index < -0.39 is 11.6 Å². The number of fused-ring (bicyclic) bond motifs is 2. The second-order valence-electron chi connectivity index (χ2n) is 13.1. The fourth-order valence-corrected chi connectivity index (χ4v) is 6.19. The molecule has 0 atom stereocenters. The third-order valence-corrected chi connectivity index (χ3v) is 8.12. The molecule has 0 aliphatic carbocycles. The highest BCUT2D eigenvalue weighted by atomic mass is 19.1. The van der Waals surface area contributed by atoms with Crippen molar-refractivity contribution >= 4 is 5.97 Å². The van der Waals surface area contributed by atoms with Crippen LogP contribution in [0.4, 0.5) is 4.39 Å². The minimum absolute atomic E-state index is 0.0850. The molecule has 0 saturated heterocycles. The average Bonchev–Trinajstić information content (AvgIpc) is 2.98. The molecule has 3 heterocycles. The molecule has 2 aliphatic rings. The van der Waals surface area contributed by atoms with Crippen molar-refractivity contribution in [2.75, 3.05) is 13.2 Å². The van der Waals surface area contributed by atoms with Crippen LogP contribution in [0.5, 0.6) is 5.75 Å². The van der Waals surface area contributed by atoms with Crippen molar-refractivity contribution in [2.45, 2.75) is 79.0 Å². The van der Waals surface area contributed by atoms with Crippen LogP contribution in [-0.2, 0) is 37.1 Å². The van der Waals surface area contributed by atoms with Crippen LogP contribution in [0.25, 0.3) is 22.3 Å². The lowest BCUT2D eigenvalue weighted by molar-refractivity contribution is -0.136. The number of aliphatic carboxylic acids is 1. The van der Waals surface area contributed by atoms with Crippen molar-refractivity contribution in [3.05, 3.63) is 106 Å². The lowest BCUT2D eigenvalue weighted by atomic mass is 9.85. The van der Waals surface area contributed by atoms with Crippen LogP contribution in [0.15, 0.2) is 60.7 Å². The third-order valence-electron chi connectivity index (χ3n) is 8.12. The molecular formula is C38H43FN2O4. The number of carboxylic acids is 1. The summed E-state index contributed by atoms with van der Waals surface area (Å²) in [6.45, 7) is 12.4. The monoisotopic (exact) mass is 610 g/mol. The predicted octanol–water partition coefficient (Wildman–Crippen LogP) is 7.46. The molecule has 0 radical (unpaired) electrons. The maximum Gasteiger partial charge on any atom is 0.307 e. The molecule has 7 heteroatoms. The Morgan fingerprint density at radius 3 is 2.29 bits per heavy atom. The molecule has 6 nitrogen and oxygen atoms in total. The minimum Gasteiger partial charge on any atom is -0.493 e. The fourth-order valence-electron chi connectivity index (χ4n) is 6.19. The van der Waals surface area contributed by atoms with E-state index in [1.54, 1.807) is 20.8 Å². The van der Waals surface area contributed by atoms with Gasteiger partial charge in [-0.05, 0) is 123 Å². The molecule has 3 aromatic carbocycles. The molecule has 2 aliphatic heterocycles. The summed E-state index contributed by atoms with van der Waals surface area (Å²) in [4.78, 5) is 19.2. The Hall–Kier alpha value is -4.07. The van der Waals surface area contributed by atoms with E-state index in [-0.39, 0.29) is 12.2 Å². The van der Waals surface area contributed by atoms with Gasteiger partial charge in [-0.25, -0.2) is 4.39 Å². The van der Waals surface area contributed by atoms with Crippen molar-refractivity contribution in [1.29, 1.82) is 0 Å². The molecule has 4 aromatic rings. The molecule has 0 spiro atoms. The van der Waals surface area contributed by atoms with Crippen LogP contribution >= 0.6 is 0 Å². The van der Waals surface area contributed by atoms with E-state index in [1.807, 2.05) is 32.0 Å². The Bertz CT molecular complexity index is 1690. The molecule has 0 amide bonds. The largest absolute Gasteiger partial charge is 0.493 e. The molecule has 45 heavy (non-hydrogen) atoms. The molecule has 0 saturated carbocycles. The fraction of sp³-hybridized carbons (Fsp3) is 0.368. The normalized spacial score (nSPS) is 14.5. The van der Waals surface area contributed by atoms with Crippen molar-refractivity contribution in [2.24, 2.45) is 0 Å². The number of pyridine rings is 1. The Labute approximate surface area is 265 Å². The zero-order chi connectivity index (χ0) is 32.3. The number of benzene rings is 3. The minimum atomic E-state index is -0.867. The van der Waals surface area contributed by atoms with Gasteiger partial charge in [0.05, 0.1) is 18.6 Å². The Morgan fingerprint density at radius 2 is 1.58 bits per heavy atom. The predicted molar refractivity (Wildman–Crippen MR) is 176 cm³/mol. The summed E-state index contributed by atoms with van der Waals surface area (Å²) in [6, 6.07) is 19.6. The van der Waals surface area contributed by atoms with E-state index in [4.69, 9.17) is 14.8 Å². The maximum absolute atomic E-state index is 13.3. The van der Waals surface area contributed by atoms with E-state index in [0.29, 0.717) is 0 Å². The van der Waals surface area contributed by atoms with E-state index in [1.165, 1.54) is 23.3 Å². The van der Waals surface area contributed by atoms with Crippen molar-refractivity contribution < 1.29 is 24.1 Å². The number of rotatable bonds is 6. The zero-order valence-electron chi connectivity index (χ0n) is 26.9. The first-order valence-corrected chi connectivity index (χ1v) is 15.6. The summed E-state index contributed by atoms with van der Waals surface area (Å²) in [5, 5.41) is 18.3. The first kappa shape index (κ1) is 32.3. The van der Waals surface area contributed by atoms with Crippen molar-refractivity contribution in [3.63, 3.8) is 0 Å². The molecule has 0 unspecified atom stereocenters.